The molecule has 0 amide bonds. The lowest BCUT2D eigenvalue weighted by Gasteiger charge is -2.31. The quantitative estimate of drug-likeness (QED) is 0.615. The minimum atomic E-state index is -0.139. The van der Waals surface area contributed by atoms with Gasteiger partial charge in [0, 0.05) is 0 Å². The summed E-state index contributed by atoms with van der Waals surface area (Å²) in [5.74, 6) is 1.12. The number of halogens is 1. The Hall–Kier alpha value is -1.89. The van der Waals surface area contributed by atoms with Crippen molar-refractivity contribution in [3.05, 3.63) is 82.2 Å². The Bertz CT molecular complexity index is 754. The normalized spacial score (nSPS) is 23.1. The molecule has 0 heterocycles. The summed E-state index contributed by atoms with van der Waals surface area (Å²) in [5.41, 5.74) is 7.66. The van der Waals surface area contributed by atoms with E-state index in [9.17, 15) is 4.39 Å². The van der Waals surface area contributed by atoms with Gasteiger partial charge in [-0.2, -0.15) is 0 Å². The van der Waals surface area contributed by atoms with Crippen LogP contribution in [0.25, 0.3) is 0 Å². The van der Waals surface area contributed by atoms with E-state index in [1.807, 2.05) is 12.1 Å². The van der Waals surface area contributed by atoms with Crippen LogP contribution in [0.4, 0.5) is 4.39 Å². The van der Waals surface area contributed by atoms with Gasteiger partial charge in [0.05, 0.1) is 0 Å². The highest BCUT2D eigenvalue weighted by Gasteiger charge is 2.26. The van der Waals surface area contributed by atoms with Gasteiger partial charge in [0.25, 0.3) is 0 Å². The van der Waals surface area contributed by atoms with E-state index in [1.54, 1.807) is 28.8 Å². The van der Waals surface area contributed by atoms with E-state index >= 15 is 0 Å². The molecule has 0 bridgehead atoms. The van der Waals surface area contributed by atoms with Crippen LogP contribution in [0.2, 0.25) is 0 Å². The molecular formula is C23H25F. The maximum absolute atomic E-state index is 13.2. The molecule has 1 heteroatoms. The van der Waals surface area contributed by atoms with Gasteiger partial charge in [0.1, 0.15) is 5.82 Å². The lowest BCUT2D eigenvalue weighted by Crippen LogP contribution is -2.20. The Labute approximate surface area is 144 Å². The molecule has 2 unspecified atom stereocenters. The number of fused-ring (bicyclic) bond motifs is 3. The maximum Gasteiger partial charge on any atom is 0.123 e. The molecule has 0 aliphatic heterocycles. The number of benzene rings is 2. The van der Waals surface area contributed by atoms with Gasteiger partial charge in [-0.05, 0) is 97.2 Å². The Morgan fingerprint density at radius 2 is 1.54 bits per heavy atom. The van der Waals surface area contributed by atoms with Gasteiger partial charge < -0.3 is 0 Å². The van der Waals surface area contributed by atoms with Crippen molar-refractivity contribution in [3.63, 3.8) is 0 Å². The predicted molar refractivity (Wildman–Crippen MR) is 97.9 cm³/mol. The average Bonchev–Trinajstić information content (AvgIpc) is 2.62. The first-order valence-electron chi connectivity index (χ1n) is 9.25. The summed E-state index contributed by atoms with van der Waals surface area (Å²) >= 11 is 0. The highest BCUT2D eigenvalue weighted by molar-refractivity contribution is 5.45. The third-order valence-electron chi connectivity index (χ3n) is 5.89. The number of allylic oxidation sites excluding steroid dienone is 2. The summed E-state index contributed by atoms with van der Waals surface area (Å²) in [6.45, 7) is 2.12. The highest BCUT2D eigenvalue weighted by atomic mass is 19.1. The summed E-state index contributed by atoms with van der Waals surface area (Å²) in [5, 5.41) is 0. The SMILES string of the molecule is C/C=C/C1CCc2c(ccc3c2CCC(c2ccc(F)cc2)C3)C1. The van der Waals surface area contributed by atoms with Crippen LogP contribution in [0.3, 0.4) is 0 Å². The van der Waals surface area contributed by atoms with Gasteiger partial charge in [-0.3, -0.25) is 0 Å². The van der Waals surface area contributed by atoms with Crippen molar-refractivity contribution in [2.24, 2.45) is 5.92 Å². The molecule has 0 nitrogen and oxygen atoms in total. The van der Waals surface area contributed by atoms with Crippen molar-refractivity contribution in [1.82, 2.24) is 0 Å². The summed E-state index contributed by atoms with van der Waals surface area (Å²) in [6.07, 6.45) is 11.8. The van der Waals surface area contributed by atoms with Crippen LogP contribution in [0, 0.1) is 11.7 Å². The van der Waals surface area contributed by atoms with Crippen molar-refractivity contribution >= 4 is 0 Å². The second kappa shape index (κ2) is 6.55. The van der Waals surface area contributed by atoms with Crippen molar-refractivity contribution in [2.75, 3.05) is 0 Å². The zero-order valence-electron chi connectivity index (χ0n) is 14.4. The summed E-state index contributed by atoms with van der Waals surface area (Å²) in [4.78, 5) is 0. The minimum Gasteiger partial charge on any atom is -0.207 e. The molecule has 0 saturated carbocycles. The van der Waals surface area contributed by atoms with Crippen molar-refractivity contribution in [3.8, 4) is 0 Å². The first-order valence-corrected chi connectivity index (χ1v) is 9.25. The zero-order chi connectivity index (χ0) is 16.5. The van der Waals surface area contributed by atoms with Crippen LogP contribution in [0.5, 0.6) is 0 Å². The molecule has 0 radical (unpaired) electrons. The fourth-order valence-corrected chi connectivity index (χ4v) is 4.65. The second-order valence-corrected chi connectivity index (χ2v) is 7.36. The topological polar surface area (TPSA) is 0 Å². The van der Waals surface area contributed by atoms with Crippen molar-refractivity contribution in [1.29, 1.82) is 0 Å². The molecular weight excluding hydrogens is 295 g/mol. The third-order valence-corrected chi connectivity index (χ3v) is 5.89. The monoisotopic (exact) mass is 320 g/mol. The van der Waals surface area contributed by atoms with Gasteiger partial charge in [0.15, 0.2) is 0 Å². The number of rotatable bonds is 2. The lowest BCUT2D eigenvalue weighted by molar-refractivity contribution is 0.533. The number of hydrogen-bond acceptors (Lipinski definition) is 0. The molecule has 124 valence electrons. The number of hydrogen-bond donors (Lipinski definition) is 0. The van der Waals surface area contributed by atoms with Gasteiger partial charge in [0.2, 0.25) is 0 Å². The van der Waals surface area contributed by atoms with Gasteiger partial charge in [-0.25, -0.2) is 4.39 Å². The van der Waals surface area contributed by atoms with Crippen molar-refractivity contribution in [2.45, 2.75) is 51.4 Å². The Balaban J connectivity index is 1.59. The maximum atomic E-state index is 13.2. The molecule has 2 aromatic rings. The van der Waals surface area contributed by atoms with E-state index in [0.29, 0.717) is 5.92 Å². The molecule has 2 aromatic carbocycles. The minimum absolute atomic E-state index is 0.139. The van der Waals surface area contributed by atoms with Gasteiger partial charge >= 0.3 is 0 Å². The van der Waals surface area contributed by atoms with Crippen LogP contribution >= 0.6 is 0 Å². The predicted octanol–water partition coefficient (Wildman–Crippen LogP) is 5.78. The summed E-state index contributed by atoms with van der Waals surface area (Å²) < 4.78 is 13.2. The van der Waals surface area contributed by atoms with E-state index in [4.69, 9.17) is 0 Å². The molecule has 0 N–H and O–H groups in total. The van der Waals surface area contributed by atoms with E-state index < -0.39 is 0 Å². The lowest BCUT2D eigenvalue weighted by atomic mass is 9.74. The Morgan fingerprint density at radius 1 is 0.875 bits per heavy atom. The highest BCUT2D eigenvalue weighted by Crippen LogP contribution is 2.38. The van der Waals surface area contributed by atoms with Crippen LogP contribution in [0.15, 0.2) is 48.6 Å². The zero-order valence-corrected chi connectivity index (χ0v) is 14.4. The van der Waals surface area contributed by atoms with Crippen LogP contribution < -0.4 is 0 Å². The molecule has 0 spiro atoms. The van der Waals surface area contributed by atoms with E-state index in [-0.39, 0.29) is 5.82 Å². The van der Waals surface area contributed by atoms with Gasteiger partial charge in [-0.1, -0.05) is 36.4 Å². The van der Waals surface area contributed by atoms with Crippen LogP contribution in [-0.4, -0.2) is 0 Å². The van der Waals surface area contributed by atoms with Crippen LogP contribution in [0.1, 0.15) is 53.5 Å². The first-order chi connectivity index (χ1) is 11.7. The molecule has 2 aliphatic carbocycles. The van der Waals surface area contributed by atoms with E-state index in [0.717, 1.165) is 12.3 Å². The summed E-state index contributed by atoms with van der Waals surface area (Å²) in [7, 11) is 0. The molecule has 4 rings (SSSR count). The molecule has 2 atom stereocenters. The largest absolute Gasteiger partial charge is 0.207 e. The second-order valence-electron chi connectivity index (χ2n) is 7.36. The molecule has 0 aromatic heterocycles. The standard InChI is InChI=1S/C23H25F/c1-2-3-16-4-12-22-19(14-16)5-6-20-15-18(9-13-23(20)22)17-7-10-21(24)11-8-17/h2-3,5-8,10-11,16,18H,4,9,12-15H2,1H3/b3-2+. The average molecular weight is 320 g/mol. The smallest absolute Gasteiger partial charge is 0.123 e. The first kappa shape index (κ1) is 15.6. The van der Waals surface area contributed by atoms with E-state index in [1.165, 1.54) is 43.2 Å². The molecule has 24 heavy (non-hydrogen) atoms. The fraction of sp³-hybridized carbons (Fsp3) is 0.391. The fourth-order valence-electron chi connectivity index (χ4n) is 4.65. The van der Waals surface area contributed by atoms with E-state index in [2.05, 4.69) is 31.2 Å². The van der Waals surface area contributed by atoms with Crippen LogP contribution in [-0.2, 0) is 25.7 Å². The Morgan fingerprint density at radius 3 is 2.25 bits per heavy atom. The molecule has 0 fully saturated rings. The molecule has 2 aliphatic rings. The van der Waals surface area contributed by atoms with Gasteiger partial charge in [-0.15, -0.1) is 0 Å². The van der Waals surface area contributed by atoms with Crippen molar-refractivity contribution < 1.29 is 4.39 Å². The Kier molecular flexibility index (Phi) is 4.26. The molecule has 0 saturated heterocycles. The summed E-state index contributed by atoms with van der Waals surface area (Å²) in [6, 6.07) is 11.9. The third kappa shape index (κ3) is 2.92.